The van der Waals surface area contributed by atoms with Gasteiger partial charge in [-0.25, -0.2) is 0 Å². The summed E-state index contributed by atoms with van der Waals surface area (Å²) >= 11 is 0. The molecule has 11 heavy (non-hydrogen) atoms. The van der Waals surface area contributed by atoms with E-state index in [1.165, 1.54) is 0 Å². The Bertz CT molecular complexity index is 159. The number of carboxylic acid groups (broad SMARTS) is 1. The number of aliphatic carboxylic acids is 1. The molecule has 66 valence electrons. The third kappa shape index (κ3) is 1.71. The van der Waals surface area contributed by atoms with Gasteiger partial charge in [-0.05, 0) is 13.8 Å². The summed E-state index contributed by atoms with van der Waals surface area (Å²) in [6.45, 7) is 6.59. The molecule has 0 unspecified atom stereocenters. The lowest BCUT2D eigenvalue weighted by Crippen LogP contribution is -2.41. The number of hydrogen-bond acceptors (Lipinski definition) is 2. The summed E-state index contributed by atoms with van der Waals surface area (Å²) in [4.78, 5) is 10.7. The molecule has 0 rings (SSSR count). The van der Waals surface area contributed by atoms with E-state index < -0.39 is 16.8 Å². The molecule has 0 radical (unpaired) electrons. The Morgan fingerprint density at radius 3 is 1.73 bits per heavy atom. The van der Waals surface area contributed by atoms with Crippen LogP contribution in [0.2, 0.25) is 0 Å². The van der Waals surface area contributed by atoms with Gasteiger partial charge < -0.3 is 10.2 Å². The normalized spacial score (nSPS) is 13.2. The maximum Gasteiger partial charge on any atom is 0.309 e. The van der Waals surface area contributed by atoms with Gasteiger partial charge in [-0.3, -0.25) is 4.79 Å². The molecule has 0 bridgehead atoms. The van der Waals surface area contributed by atoms with Crippen LogP contribution in [0.25, 0.3) is 0 Å². The summed E-state index contributed by atoms with van der Waals surface area (Å²) in [5.74, 6) is -0.878. The monoisotopic (exact) mass is 160 g/mol. The Morgan fingerprint density at radius 1 is 1.27 bits per heavy atom. The first-order chi connectivity index (χ1) is 4.75. The summed E-state index contributed by atoms with van der Waals surface area (Å²) in [5, 5.41) is 17.7. The van der Waals surface area contributed by atoms with Crippen molar-refractivity contribution in [1.29, 1.82) is 0 Å². The number of carboxylic acids is 1. The summed E-state index contributed by atoms with van der Waals surface area (Å²) in [6.07, 6.45) is 0. The fourth-order valence-electron chi connectivity index (χ4n) is 0.487. The van der Waals surface area contributed by atoms with Crippen LogP contribution in [-0.4, -0.2) is 22.8 Å². The Hall–Kier alpha value is -0.570. The number of rotatable bonds is 3. The van der Waals surface area contributed by atoms with Crippen LogP contribution in [0.15, 0.2) is 0 Å². The number of aliphatic hydroxyl groups excluding tert-OH is 1. The van der Waals surface area contributed by atoms with E-state index in [1.54, 1.807) is 27.7 Å². The van der Waals surface area contributed by atoms with E-state index in [1.807, 2.05) is 0 Å². The minimum Gasteiger partial charge on any atom is -0.481 e. The van der Waals surface area contributed by atoms with Crippen molar-refractivity contribution < 1.29 is 15.0 Å². The maximum absolute atomic E-state index is 10.7. The predicted octanol–water partition coefficient (Wildman–Crippen LogP) is 1.12. The first kappa shape index (κ1) is 10.4. The molecule has 0 aromatic carbocycles. The van der Waals surface area contributed by atoms with Gasteiger partial charge in [0.25, 0.3) is 0 Å². The van der Waals surface area contributed by atoms with Crippen LogP contribution in [0.3, 0.4) is 0 Å². The smallest absolute Gasteiger partial charge is 0.309 e. The second kappa shape index (κ2) is 2.81. The predicted molar refractivity (Wildman–Crippen MR) is 42.3 cm³/mol. The van der Waals surface area contributed by atoms with Crippen molar-refractivity contribution in [3.63, 3.8) is 0 Å². The molecule has 0 spiro atoms. The standard InChI is InChI=1S/C8H16O3/c1-7(2,5-9)8(3,4)6(10)11/h9H,5H2,1-4H3,(H,10,11). The quantitative estimate of drug-likeness (QED) is 0.650. The zero-order valence-corrected chi connectivity index (χ0v) is 7.51. The zero-order valence-electron chi connectivity index (χ0n) is 7.51. The molecular weight excluding hydrogens is 144 g/mol. The van der Waals surface area contributed by atoms with Crippen molar-refractivity contribution in [2.24, 2.45) is 10.8 Å². The topological polar surface area (TPSA) is 57.5 Å². The minimum absolute atomic E-state index is 0.119. The highest BCUT2D eigenvalue weighted by molar-refractivity contribution is 5.74. The van der Waals surface area contributed by atoms with Crippen molar-refractivity contribution in [1.82, 2.24) is 0 Å². The van der Waals surface area contributed by atoms with Crippen molar-refractivity contribution in [2.45, 2.75) is 27.7 Å². The van der Waals surface area contributed by atoms with Gasteiger partial charge in [0, 0.05) is 12.0 Å². The van der Waals surface area contributed by atoms with E-state index in [4.69, 9.17) is 10.2 Å². The molecule has 0 atom stereocenters. The van der Waals surface area contributed by atoms with Crippen molar-refractivity contribution in [2.75, 3.05) is 6.61 Å². The third-order valence-electron chi connectivity index (χ3n) is 2.62. The second-order valence-electron chi connectivity index (χ2n) is 3.97. The molecule has 0 heterocycles. The summed E-state index contributed by atoms with van der Waals surface area (Å²) in [5.41, 5.74) is -1.47. The molecule has 0 aromatic rings. The fourth-order valence-corrected chi connectivity index (χ4v) is 0.487. The average molecular weight is 160 g/mol. The molecule has 0 aliphatic heterocycles. The van der Waals surface area contributed by atoms with Gasteiger partial charge in [-0.2, -0.15) is 0 Å². The van der Waals surface area contributed by atoms with E-state index in [0.29, 0.717) is 0 Å². The van der Waals surface area contributed by atoms with Gasteiger partial charge in [0.1, 0.15) is 0 Å². The van der Waals surface area contributed by atoms with E-state index >= 15 is 0 Å². The molecule has 0 aromatic heterocycles. The van der Waals surface area contributed by atoms with Crippen LogP contribution in [0.1, 0.15) is 27.7 Å². The molecule has 0 saturated heterocycles. The lowest BCUT2D eigenvalue weighted by molar-refractivity contribution is -0.155. The van der Waals surface area contributed by atoms with Gasteiger partial charge in [0.05, 0.1) is 5.41 Å². The highest BCUT2D eigenvalue weighted by Gasteiger charge is 2.42. The first-order valence-electron chi connectivity index (χ1n) is 3.60. The number of carbonyl (C=O) groups is 1. The van der Waals surface area contributed by atoms with Gasteiger partial charge in [-0.1, -0.05) is 13.8 Å². The van der Waals surface area contributed by atoms with E-state index in [0.717, 1.165) is 0 Å². The SMILES string of the molecule is CC(C)(CO)C(C)(C)C(=O)O. The van der Waals surface area contributed by atoms with Crippen molar-refractivity contribution >= 4 is 5.97 Å². The van der Waals surface area contributed by atoms with Gasteiger partial charge in [0.15, 0.2) is 0 Å². The van der Waals surface area contributed by atoms with E-state index in [9.17, 15) is 4.79 Å². The highest BCUT2D eigenvalue weighted by Crippen LogP contribution is 2.37. The molecular formula is C8H16O3. The van der Waals surface area contributed by atoms with Crippen LogP contribution in [0, 0.1) is 10.8 Å². The third-order valence-corrected chi connectivity index (χ3v) is 2.62. The summed E-state index contributed by atoms with van der Waals surface area (Å²) in [7, 11) is 0. The van der Waals surface area contributed by atoms with Gasteiger partial charge in [0.2, 0.25) is 0 Å². The van der Waals surface area contributed by atoms with Crippen LogP contribution in [0.5, 0.6) is 0 Å². The lowest BCUT2D eigenvalue weighted by Gasteiger charge is -2.36. The maximum atomic E-state index is 10.7. The molecule has 0 amide bonds. The molecule has 2 N–H and O–H groups in total. The molecule has 3 nitrogen and oxygen atoms in total. The Kier molecular flexibility index (Phi) is 2.67. The fraction of sp³-hybridized carbons (Fsp3) is 0.875. The Morgan fingerprint density at radius 2 is 1.64 bits per heavy atom. The largest absolute Gasteiger partial charge is 0.481 e. The second-order valence-corrected chi connectivity index (χ2v) is 3.97. The highest BCUT2D eigenvalue weighted by atomic mass is 16.4. The van der Waals surface area contributed by atoms with E-state index in [-0.39, 0.29) is 6.61 Å². The lowest BCUT2D eigenvalue weighted by atomic mass is 9.68. The van der Waals surface area contributed by atoms with E-state index in [2.05, 4.69) is 0 Å². The molecule has 0 fully saturated rings. The molecule has 0 aliphatic rings. The zero-order chi connectivity index (χ0) is 9.28. The number of aliphatic hydroxyl groups is 1. The van der Waals surface area contributed by atoms with Gasteiger partial charge >= 0.3 is 5.97 Å². The summed E-state index contributed by atoms with van der Waals surface area (Å²) in [6, 6.07) is 0. The number of hydrogen-bond donors (Lipinski definition) is 2. The Balaban J connectivity index is 4.67. The van der Waals surface area contributed by atoms with Crippen LogP contribution >= 0.6 is 0 Å². The van der Waals surface area contributed by atoms with Gasteiger partial charge in [-0.15, -0.1) is 0 Å². The minimum atomic E-state index is -0.887. The van der Waals surface area contributed by atoms with Crippen molar-refractivity contribution in [3.05, 3.63) is 0 Å². The average Bonchev–Trinajstić information content (AvgIpc) is 1.87. The van der Waals surface area contributed by atoms with Crippen LogP contribution in [0.4, 0.5) is 0 Å². The summed E-state index contributed by atoms with van der Waals surface area (Å²) < 4.78 is 0. The first-order valence-corrected chi connectivity index (χ1v) is 3.60. The van der Waals surface area contributed by atoms with Crippen LogP contribution < -0.4 is 0 Å². The van der Waals surface area contributed by atoms with Crippen LogP contribution in [-0.2, 0) is 4.79 Å². The van der Waals surface area contributed by atoms with Crippen molar-refractivity contribution in [3.8, 4) is 0 Å². The molecule has 0 saturated carbocycles. The molecule has 3 heteroatoms. The molecule has 0 aliphatic carbocycles. The Labute approximate surface area is 67.0 Å².